The van der Waals surface area contributed by atoms with Gasteiger partial charge in [-0.15, -0.1) is 7.92 Å². The Morgan fingerprint density at radius 3 is 2.82 bits per heavy atom. The second kappa shape index (κ2) is 3.32. The first-order chi connectivity index (χ1) is 5.45. The molecule has 0 atom stereocenters. The van der Waals surface area contributed by atoms with E-state index in [1.54, 1.807) is 0 Å². The van der Waals surface area contributed by atoms with E-state index >= 15 is 0 Å². The van der Waals surface area contributed by atoms with Crippen LogP contribution in [0, 0.1) is 0 Å². The molecule has 0 spiro atoms. The van der Waals surface area contributed by atoms with Gasteiger partial charge in [-0.25, -0.2) is 0 Å². The van der Waals surface area contributed by atoms with Crippen molar-refractivity contribution < 1.29 is 0 Å². The monoisotopic (exact) mass is 165 g/mol. The summed E-state index contributed by atoms with van der Waals surface area (Å²) in [6.45, 7) is 0. The Bertz CT molecular complexity index is 218. The fourth-order valence-corrected chi connectivity index (χ4v) is 2.99. The average Bonchev–Trinajstić information content (AvgIpc) is 1.99. The lowest BCUT2D eigenvalue weighted by Crippen LogP contribution is -2.06. The summed E-state index contributed by atoms with van der Waals surface area (Å²) in [7, 11) is 0.363. The predicted molar refractivity (Wildman–Crippen MR) is 49.2 cm³/mol. The number of aromatic nitrogens is 1. The quantitative estimate of drug-likeness (QED) is 0.613. The van der Waals surface area contributed by atoms with E-state index in [2.05, 4.69) is 17.1 Å². The van der Waals surface area contributed by atoms with Gasteiger partial charge in [0.05, 0.1) is 0 Å². The van der Waals surface area contributed by atoms with Gasteiger partial charge in [-0.05, 0) is 30.9 Å². The molecule has 1 aliphatic heterocycles. The SMILES string of the molecule is c1ccc(CP2CCC2)nc1. The summed E-state index contributed by atoms with van der Waals surface area (Å²) >= 11 is 0. The van der Waals surface area contributed by atoms with Crippen LogP contribution in [0.25, 0.3) is 0 Å². The number of rotatable bonds is 2. The van der Waals surface area contributed by atoms with Crippen LogP contribution in [-0.2, 0) is 6.16 Å². The molecule has 0 N–H and O–H groups in total. The van der Waals surface area contributed by atoms with E-state index in [1.165, 1.54) is 30.6 Å². The van der Waals surface area contributed by atoms with Crippen LogP contribution in [-0.4, -0.2) is 17.3 Å². The maximum Gasteiger partial charge on any atom is 0.0446 e. The Labute approximate surface area is 68.6 Å². The van der Waals surface area contributed by atoms with Gasteiger partial charge in [-0.2, -0.15) is 0 Å². The summed E-state index contributed by atoms with van der Waals surface area (Å²) in [5.74, 6) is 0. The largest absolute Gasteiger partial charge is 0.261 e. The first-order valence-corrected chi connectivity index (χ1v) is 5.97. The summed E-state index contributed by atoms with van der Waals surface area (Å²) in [5, 5.41) is 0. The molecular formula is C9H12NP. The summed E-state index contributed by atoms with van der Waals surface area (Å²) in [6, 6.07) is 6.20. The van der Waals surface area contributed by atoms with E-state index in [4.69, 9.17) is 0 Å². The predicted octanol–water partition coefficient (Wildman–Crippen LogP) is 2.47. The molecule has 11 heavy (non-hydrogen) atoms. The summed E-state index contributed by atoms with van der Waals surface area (Å²) in [5.41, 5.74) is 1.29. The molecule has 0 aliphatic carbocycles. The van der Waals surface area contributed by atoms with Gasteiger partial charge in [0.2, 0.25) is 0 Å². The van der Waals surface area contributed by atoms with Crippen molar-refractivity contribution in [2.24, 2.45) is 0 Å². The average molecular weight is 165 g/mol. The number of nitrogens with zero attached hydrogens (tertiary/aromatic N) is 1. The standard InChI is InChI=1S/C9H12NP/c1-2-5-10-9(4-1)8-11-6-3-7-11/h1-2,4-5H,3,6-8H2. The van der Waals surface area contributed by atoms with Crippen LogP contribution in [0.15, 0.2) is 24.4 Å². The second-order valence-corrected chi connectivity index (χ2v) is 5.50. The van der Waals surface area contributed by atoms with E-state index in [-0.39, 0.29) is 0 Å². The lowest BCUT2D eigenvalue weighted by molar-refractivity contribution is 0.996. The molecule has 1 nitrogen and oxygen atoms in total. The highest BCUT2D eigenvalue weighted by molar-refractivity contribution is 7.58. The molecule has 2 heteroatoms. The van der Waals surface area contributed by atoms with E-state index in [0.717, 1.165) is 0 Å². The zero-order valence-electron chi connectivity index (χ0n) is 6.53. The third-order valence-corrected chi connectivity index (χ3v) is 4.73. The Kier molecular flexibility index (Phi) is 2.18. The van der Waals surface area contributed by atoms with Gasteiger partial charge in [-0.1, -0.05) is 6.07 Å². The zero-order chi connectivity index (χ0) is 7.52. The van der Waals surface area contributed by atoms with Gasteiger partial charge in [-0.3, -0.25) is 4.98 Å². The van der Waals surface area contributed by atoms with E-state index < -0.39 is 0 Å². The highest BCUT2D eigenvalue weighted by atomic mass is 31.1. The second-order valence-electron chi connectivity index (χ2n) is 2.95. The third kappa shape index (κ3) is 1.78. The molecule has 1 saturated heterocycles. The van der Waals surface area contributed by atoms with Crippen LogP contribution >= 0.6 is 7.92 Å². The molecule has 0 radical (unpaired) electrons. The van der Waals surface area contributed by atoms with E-state index in [9.17, 15) is 0 Å². The minimum Gasteiger partial charge on any atom is -0.261 e. The van der Waals surface area contributed by atoms with Crippen LogP contribution in [0.1, 0.15) is 12.1 Å². The molecule has 0 unspecified atom stereocenters. The van der Waals surface area contributed by atoms with Crippen molar-refractivity contribution in [2.75, 3.05) is 12.3 Å². The lowest BCUT2D eigenvalue weighted by atomic mass is 10.4. The topological polar surface area (TPSA) is 12.9 Å². The number of hydrogen-bond donors (Lipinski definition) is 0. The minimum atomic E-state index is 0.363. The van der Waals surface area contributed by atoms with Crippen molar-refractivity contribution in [3.05, 3.63) is 30.1 Å². The fourth-order valence-electron chi connectivity index (χ4n) is 1.26. The molecular weight excluding hydrogens is 153 g/mol. The maximum atomic E-state index is 4.32. The molecule has 1 aromatic rings. The fraction of sp³-hybridized carbons (Fsp3) is 0.444. The van der Waals surface area contributed by atoms with E-state index in [0.29, 0.717) is 7.92 Å². The van der Waals surface area contributed by atoms with Crippen LogP contribution in [0.5, 0.6) is 0 Å². The smallest absolute Gasteiger partial charge is 0.0446 e. The first kappa shape index (κ1) is 7.24. The Morgan fingerprint density at radius 1 is 1.36 bits per heavy atom. The van der Waals surface area contributed by atoms with Crippen LogP contribution in [0.2, 0.25) is 0 Å². The van der Waals surface area contributed by atoms with Crippen LogP contribution < -0.4 is 0 Å². The molecule has 0 amide bonds. The Morgan fingerprint density at radius 2 is 2.27 bits per heavy atom. The summed E-state index contributed by atoms with van der Waals surface area (Å²) < 4.78 is 0. The minimum absolute atomic E-state index is 0.363. The molecule has 1 aliphatic rings. The third-order valence-electron chi connectivity index (χ3n) is 2.06. The Balaban J connectivity index is 1.95. The van der Waals surface area contributed by atoms with Gasteiger partial charge in [0.1, 0.15) is 0 Å². The Hall–Kier alpha value is -0.420. The first-order valence-electron chi connectivity index (χ1n) is 4.07. The molecule has 2 rings (SSSR count). The van der Waals surface area contributed by atoms with E-state index in [1.807, 2.05) is 12.3 Å². The molecule has 0 saturated carbocycles. The normalized spacial score (nSPS) is 17.8. The summed E-state index contributed by atoms with van der Waals surface area (Å²) in [6.07, 6.45) is 7.57. The van der Waals surface area contributed by atoms with Gasteiger partial charge >= 0.3 is 0 Å². The molecule has 0 aromatic carbocycles. The molecule has 0 bridgehead atoms. The lowest BCUT2D eigenvalue weighted by Gasteiger charge is -2.25. The molecule has 2 heterocycles. The van der Waals surface area contributed by atoms with Crippen molar-refractivity contribution >= 4 is 7.92 Å². The molecule has 1 fully saturated rings. The maximum absolute atomic E-state index is 4.32. The van der Waals surface area contributed by atoms with Crippen molar-refractivity contribution in [1.82, 2.24) is 4.98 Å². The van der Waals surface area contributed by atoms with Gasteiger partial charge in [0.15, 0.2) is 0 Å². The number of pyridine rings is 1. The van der Waals surface area contributed by atoms with Crippen LogP contribution in [0.3, 0.4) is 0 Å². The van der Waals surface area contributed by atoms with Gasteiger partial charge < -0.3 is 0 Å². The van der Waals surface area contributed by atoms with Crippen molar-refractivity contribution in [3.63, 3.8) is 0 Å². The molecule has 58 valence electrons. The van der Waals surface area contributed by atoms with Gasteiger partial charge in [0, 0.05) is 18.1 Å². The number of hydrogen-bond acceptors (Lipinski definition) is 1. The summed E-state index contributed by atoms with van der Waals surface area (Å²) in [4.78, 5) is 4.32. The van der Waals surface area contributed by atoms with Crippen molar-refractivity contribution in [1.29, 1.82) is 0 Å². The van der Waals surface area contributed by atoms with Gasteiger partial charge in [0.25, 0.3) is 0 Å². The highest BCUT2D eigenvalue weighted by Gasteiger charge is 2.16. The van der Waals surface area contributed by atoms with Crippen molar-refractivity contribution in [2.45, 2.75) is 12.6 Å². The zero-order valence-corrected chi connectivity index (χ0v) is 7.43. The van der Waals surface area contributed by atoms with Crippen molar-refractivity contribution in [3.8, 4) is 0 Å². The molecule has 1 aromatic heterocycles. The highest BCUT2D eigenvalue weighted by Crippen LogP contribution is 2.48. The van der Waals surface area contributed by atoms with Crippen LogP contribution in [0.4, 0.5) is 0 Å².